The van der Waals surface area contributed by atoms with Crippen LogP contribution < -0.4 is 0 Å². The second-order valence-electron chi connectivity index (χ2n) is 6.29. The summed E-state index contributed by atoms with van der Waals surface area (Å²) in [5, 5.41) is 0. The summed E-state index contributed by atoms with van der Waals surface area (Å²) < 4.78 is 11.5. The Balaban J connectivity index is 1.54. The molecule has 1 aromatic rings. The van der Waals surface area contributed by atoms with E-state index in [1.54, 1.807) is 0 Å². The number of benzene rings is 1. The summed E-state index contributed by atoms with van der Waals surface area (Å²) in [5.74, 6) is 0.591. The molecule has 21 heavy (non-hydrogen) atoms. The van der Waals surface area contributed by atoms with Crippen molar-refractivity contribution >= 4 is 5.78 Å². The van der Waals surface area contributed by atoms with E-state index in [1.807, 2.05) is 18.2 Å². The Hall–Kier alpha value is -1.19. The second-order valence-corrected chi connectivity index (χ2v) is 6.29. The topological polar surface area (TPSA) is 35.5 Å². The highest BCUT2D eigenvalue weighted by Crippen LogP contribution is 2.37. The number of hydrogen-bond donors (Lipinski definition) is 0. The molecule has 0 aliphatic carbocycles. The maximum absolute atomic E-state index is 12.5. The van der Waals surface area contributed by atoms with Gasteiger partial charge in [-0.2, -0.15) is 0 Å². The van der Waals surface area contributed by atoms with E-state index >= 15 is 0 Å². The predicted octanol–water partition coefficient (Wildman–Crippen LogP) is 3.16. The van der Waals surface area contributed by atoms with Crippen molar-refractivity contribution in [1.29, 1.82) is 0 Å². The van der Waals surface area contributed by atoms with Gasteiger partial charge in [-0.3, -0.25) is 4.79 Å². The molecular weight excluding hydrogens is 264 g/mol. The highest BCUT2D eigenvalue weighted by molar-refractivity contribution is 5.81. The molecule has 1 aromatic carbocycles. The molecule has 3 heteroatoms. The minimum Gasteiger partial charge on any atom is -0.381 e. The zero-order valence-corrected chi connectivity index (χ0v) is 12.6. The van der Waals surface area contributed by atoms with Crippen molar-refractivity contribution in [2.75, 3.05) is 19.8 Å². The van der Waals surface area contributed by atoms with Gasteiger partial charge in [0.1, 0.15) is 5.78 Å². The van der Waals surface area contributed by atoms with Gasteiger partial charge < -0.3 is 9.47 Å². The fraction of sp³-hybridized carbons (Fsp3) is 0.611. The molecule has 0 aromatic heterocycles. The lowest BCUT2D eigenvalue weighted by molar-refractivity contribution is -0.157. The van der Waals surface area contributed by atoms with Crippen LogP contribution in [0.3, 0.4) is 0 Å². The van der Waals surface area contributed by atoms with Crippen LogP contribution in [0.2, 0.25) is 0 Å². The summed E-state index contributed by atoms with van der Waals surface area (Å²) in [6.07, 6.45) is 5.17. The van der Waals surface area contributed by atoms with Crippen LogP contribution in [-0.4, -0.2) is 31.2 Å². The van der Waals surface area contributed by atoms with Gasteiger partial charge in [-0.05, 0) is 37.7 Å². The number of rotatable bonds is 4. The Morgan fingerprint density at radius 1 is 1.14 bits per heavy atom. The molecular formula is C18H24O3. The van der Waals surface area contributed by atoms with Crippen LogP contribution in [0.5, 0.6) is 0 Å². The first kappa shape index (κ1) is 14.7. The lowest BCUT2D eigenvalue weighted by Gasteiger charge is -2.43. The van der Waals surface area contributed by atoms with E-state index in [-0.39, 0.29) is 11.5 Å². The van der Waals surface area contributed by atoms with E-state index in [9.17, 15) is 4.79 Å². The van der Waals surface area contributed by atoms with Crippen LogP contribution in [-0.2, 0) is 20.7 Å². The fourth-order valence-corrected chi connectivity index (χ4v) is 3.51. The van der Waals surface area contributed by atoms with Gasteiger partial charge in [0.25, 0.3) is 0 Å². The number of ketones is 1. The highest BCUT2D eigenvalue weighted by atomic mass is 16.5. The zero-order chi connectivity index (χ0) is 14.5. The number of carbonyl (C=O) groups is 1. The van der Waals surface area contributed by atoms with E-state index in [1.165, 1.54) is 5.56 Å². The number of ether oxygens (including phenoxy) is 2. The van der Waals surface area contributed by atoms with Crippen LogP contribution in [0.15, 0.2) is 30.3 Å². The maximum atomic E-state index is 12.5. The van der Waals surface area contributed by atoms with Crippen molar-refractivity contribution in [3.63, 3.8) is 0 Å². The van der Waals surface area contributed by atoms with Gasteiger partial charge in [-0.15, -0.1) is 0 Å². The molecule has 1 unspecified atom stereocenters. The predicted molar refractivity (Wildman–Crippen MR) is 81.2 cm³/mol. The lowest BCUT2D eigenvalue weighted by Crippen LogP contribution is -2.45. The first-order valence-electron chi connectivity index (χ1n) is 8.06. The normalized spacial score (nSPS) is 24.9. The largest absolute Gasteiger partial charge is 0.381 e. The summed E-state index contributed by atoms with van der Waals surface area (Å²) >= 11 is 0. The summed E-state index contributed by atoms with van der Waals surface area (Å²) in [4.78, 5) is 12.5. The number of carbonyl (C=O) groups excluding carboxylic acids is 1. The molecule has 0 bridgehead atoms. The van der Waals surface area contributed by atoms with Crippen LogP contribution in [0, 0.1) is 5.92 Å². The van der Waals surface area contributed by atoms with E-state index in [0.29, 0.717) is 12.2 Å². The summed E-state index contributed by atoms with van der Waals surface area (Å²) in [6, 6.07) is 10.3. The highest BCUT2D eigenvalue weighted by Gasteiger charge is 2.40. The molecule has 2 fully saturated rings. The molecule has 114 valence electrons. The molecule has 2 aliphatic rings. The van der Waals surface area contributed by atoms with Crippen molar-refractivity contribution < 1.29 is 14.3 Å². The Kier molecular flexibility index (Phi) is 4.71. The third-order valence-corrected chi connectivity index (χ3v) is 4.86. The summed E-state index contributed by atoms with van der Waals surface area (Å²) in [7, 11) is 0. The minimum absolute atomic E-state index is 0.0798. The maximum Gasteiger partial charge on any atom is 0.136 e. The van der Waals surface area contributed by atoms with Crippen molar-refractivity contribution in [1.82, 2.24) is 0 Å². The molecule has 1 spiro atoms. The fourth-order valence-electron chi connectivity index (χ4n) is 3.51. The number of hydrogen-bond acceptors (Lipinski definition) is 3. The molecule has 0 radical (unpaired) electrons. The van der Waals surface area contributed by atoms with Gasteiger partial charge in [-0.25, -0.2) is 0 Å². The monoisotopic (exact) mass is 288 g/mol. The van der Waals surface area contributed by atoms with Crippen LogP contribution in [0.1, 0.15) is 37.7 Å². The first-order valence-corrected chi connectivity index (χ1v) is 8.06. The van der Waals surface area contributed by atoms with Crippen LogP contribution in [0.25, 0.3) is 0 Å². The lowest BCUT2D eigenvalue weighted by atomic mass is 9.78. The van der Waals surface area contributed by atoms with Crippen LogP contribution >= 0.6 is 0 Å². The molecule has 0 saturated carbocycles. The Labute approximate surface area is 126 Å². The quantitative estimate of drug-likeness (QED) is 0.853. The van der Waals surface area contributed by atoms with Gasteiger partial charge in [0, 0.05) is 32.2 Å². The van der Waals surface area contributed by atoms with Gasteiger partial charge in [-0.1, -0.05) is 30.3 Å². The average molecular weight is 288 g/mol. The molecule has 0 amide bonds. The van der Waals surface area contributed by atoms with Crippen LogP contribution in [0.4, 0.5) is 0 Å². The Morgan fingerprint density at radius 2 is 1.90 bits per heavy atom. The minimum atomic E-state index is -0.0798. The third kappa shape index (κ3) is 3.72. The van der Waals surface area contributed by atoms with Crippen molar-refractivity contribution in [2.45, 2.75) is 44.1 Å². The molecule has 3 rings (SSSR count). The van der Waals surface area contributed by atoms with E-state index < -0.39 is 0 Å². The number of aryl methyl sites for hydroxylation is 1. The molecule has 2 heterocycles. The Bertz CT molecular complexity index is 457. The number of Topliss-reactive ketones (excluding diaryl/α,β-unsaturated/α-hetero) is 1. The standard InChI is InChI=1S/C18H24O3/c19-17(7-6-15-4-2-1-3-5-15)16-8-11-21-18(14-16)9-12-20-13-10-18/h1-5,16H,6-14H2. The summed E-state index contributed by atoms with van der Waals surface area (Å²) in [6.45, 7) is 2.26. The first-order chi connectivity index (χ1) is 10.3. The molecule has 2 aliphatic heterocycles. The second kappa shape index (κ2) is 6.71. The third-order valence-electron chi connectivity index (χ3n) is 4.86. The zero-order valence-electron chi connectivity index (χ0n) is 12.6. The SMILES string of the molecule is O=C(CCc1ccccc1)C1CCOC2(CCOCC2)C1. The van der Waals surface area contributed by atoms with E-state index in [0.717, 1.165) is 51.9 Å². The smallest absolute Gasteiger partial charge is 0.136 e. The van der Waals surface area contributed by atoms with Crippen molar-refractivity contribution in [3.8, 4) is 0 Å². The molecule has 2 saturated heterocycles. The van der Waals surface area contributed by atoms with E-state index in [2.05, 4.69) is 12.1 Å². The molecule has 0 N–H and O–H groups in total. The molecule has 3 nitrogen and oxygen atoms in total. The Morgan fingerprint density at radius 3 is 2.67 bits per heavy atom. The van der Waals surface area contributed by atoms with Gasteiger partial charge in [0.2, 0.25) is 0 Å². The van der Waals surface area contributed by atoms with Crippen molar-refractivity contribution in [3.05, 3.63) is 35.9 Å². The molecule has 1 atom stereocenters. The van der Waals surface area contributed by atoms with E-state index in [4.69, 9.17) is 9.47 Å². The van der Waals surface area contributed by atoms with Crippen molar-refractivity contribution in [2.24, 2.45) is 5.92 Å². The van der Waals surface area contributed by atoms with Gasteiger partial charge >= 0.3 is 0 Å². The average Bonchev–Trinajstić information content (AvgIpc) is 2.54. The summed E-state index contributed by atoms with van der Waals surface area (Å²) in [5.41, 5.74) is 1.17. The van der Waals surface area contributed by atoms with Gasteiger partial charge in [0.15, 0.2) is 0 Å². The van der Waals surface area contributed by atoms with Gasteiger partial charge in [0.05, 0.1) is 5.60 Å².